The first-order valence-electron chi connectivity index (χ1n) is 8.45. The number of hydrogen-bond donors (Lipinski definition) is 0. The minimum Gasteiger partial charge on any atom is -0.493 e. The molecule has 0 bridgehead atoms. The van der Waals surface area contributed by atoms with E-state index >= 15 is 0 Å². The SMILES string of the molecule is CCSC1=C(c2ccc(OCC(C)C)cc2)C(=O)N(CCOC)C1=O. The fourth-order valence-corrected chi connectivity index (χ4v) is 3.32. The molecule has 1 aromatic rings. The van der Waals surface area contributed by atoms with E-state index in [2.05, 4.69) is 13.8 Å². The van der Waals surface area contributed by atoms with Gasteiger partial charge in [0.2, 0.25) is 0 Å². The van der Waals surface area contributed by atoms with E-state index in [9.17, 15) is 9.59 Å². The molecule has 0 aliphatic carbocycles. The summed E-state index contributed by atoms with van der Waals surface area (Å²) >= 11 is 1.40. The number of rotatable bonds is 9. The highest BCUT2D eigenvalue weighted by atomic mass is 32.2. The topological polar surface area (TPSA) is 55.8 Å². The number of amides is 2. The van der Waals surface area contributed by atoms with E-state index in [-0.39, 0.29) is 18.4 Å². The number of methoxy groups -OCH3 is 1. The Balaban J connectivity index is 2.26. The molecule has 1 aromatic carbocycles. The molecular formula is C19H25NO4S. The van der Waals surface area contributed by atoms with Crippen molar-refractivity contribution in [2.24, 2.45) is 5.92 Å². The fraction of sp³-hybridized carbons (Fsp3) is 0.474. The third-order valence-corrected chi connectivity index (χ3v) is 4.62. The quantitative estimate of drug-likeness (QED) is 0.631. The first-order chi connectivity index (χ1) is 12.0. The van der Waals surface area contributed by atoms with Crippen LogP contribution in [0, 0.1) is 5.92 Å². The predicted octanol–water partition coefficient (Wildman–Crippen LogP) is 3.20. The van der Waals surface area contributed by atoms with Gasteiger partial charge in [0.05, 0.1) is 30.2 Å². The van der Waals surface area contributed by atoms with Crippen molar-refractivity contribution in [1.29, 1.82) is 0 Å². The Kier molecular flexibility index (Phi) is 7.08. The average molecular weight is 363 g/mol. The van der Waals surface area contributed by atoms with E-state index in [4.69, 9.17) is 9.47 Å². The van der Waals surface area contributed by atoms with E-state index in [1.54, 1.807) is 7.11 Å². The molecule has 0 unspecified atom stereocenters. The van der Waals surface area contributed by atoms with Crippen molar-refractivity contribution in [2.75, 3.05) is 32.6 Å². The first kappa shape index (κ1) is 19.5. The Morgan fingerprint density at radius 1 is 1.12 bits per heavy atom. The van der Waals surface area contributed by atoms with Crippen LogP contribution in [0.5, 0.6) is 5.75 Å². The van der Waals surface area contributed by atoms with E-state index in [1.165, 1.54) is 16.7 Å². The van der Waals surface area contributed by atoms with Crippen molar-refractivity contribution in [1.82, 2.24) is 4.90 Å². The third-order valence-electron chi connectivity index (χ3n) is 3.66. The maximum atomic E-state index is 12.8. The highest BCUT2D eigenvalue weighted by molar-refractivity contribution is 8.04. The molecular weight excluding hydrogens is 338 g/mol. The van der Waals surface area contributed by atoms with Gasteiger partial charge in [-0.3, -0.25) is 14.5 Å². The second-order valence-corrected chi connectivity index (χ2v) is 7.40. The molecule has 136 valence electrons. The summed E-state index contributed by atoms with van der Waals surface area (Å²) in [6.07, 6.45) is 0. The van der Waals surface area contributed by atoms with Crippen LogP contribution in [-0.2, 0) is 14.3 Å². The molecule has 5 nitrogen and oxygen atoms in total. The zero-order valence-corrected chi connectivity index (χ0v) is 16.0. The summed E-state index contributed by atoms with van der Waals surface area (Å²) < 4.78 is 10.7. The predicted molar refractivity (Wildman–Crippen MR) is 100 cm³/mol. The lowest BCUT2D eigenvalue weighted by atomic mass is 10.1. The molecule has 1 aliphatic rings. The third kappa shape index (κ3) is 4.64. The van der Waals surface area contributed by atoms with Gasteiger partial charge in [-0.1, -0.05) is 32.9 Å². The van der Waals surface area contributed by atoms with Crippen molar-refractivity contribution in [3.05, 3.63) is 34.7 Å². The van der Waals surface area contributed by atoms with E-state index in [0.29, 0.717) is 29.6 Å². The molecule has 2 rings (SSSR count). The Bertz CT molecular complexity index is 652. The van der Waals surface area contributed by atoms with E-state index in [0.717, 1.165) is 17.1 Å². The number of ether oxygens (including phenoxy) is 2. The van der Waals surface area contributed by atoms with Crippen molar-refractivity contribution < 1.29 is 19.1 Å². The normalized spacial score (nSPS) is 14.8. The van der Waals surface area contributed by atoms with Crippen LogP contribution in [0.2, 0.25) is 0 Å². The van der Waals surface area contributed by atoms with Crippen LogP contribution in [0.15, 0.2) is 29.2 Å². The van der Waals surface area contributed by atoms with Crippen LogP contribution in [0.1, 0.15) is 26.3 Å². The molecule has 0 aromatic heterocycles. The number of carbonyl (C=O) groups is 2. The van der Waals surface area contributed by atoms with Gasteiger partial charge in [0.1, 0.15) is 5.75 Å². The second-order valence-electron chi connectivity index (χ2n) is 6.12. The molecule has 2 amide bonds. The summed E-state index contributed by atoms with van der Waals surface area (Å²) in [5.41, 5.74) is 1.22. The number of hydrogen-bond acceptors (Lipinski definition) is 5. The lowest BCUT2D eigenvalue weighted by Gasteiger charge is -2.14. The summed E-state index contributed by atoms with van der Waals surface area (Å²) in [4.78, 5) is 27.1. The minimum absolute atomic E-state index is 0.232. The fourth-order valence-electron chi connectivity index (χ4n) is 2.45. The smallest absolute Gasteiger partial charge is 0.268 e. The highest BCUT2D eigenvalue weighted by Crippen LogP contribution is 2.36. The molecule has 0 atom stereocenters. The van der Waals surface area contributed by atoms with Crippen molar-refractivity contribution in [2.45, 2.75) is 20.8 Å². The van der Waals surface area contributed by atoms with E-state index < -0.39 is 0 Å². The zero-order valence-electron chi connectivity index (χ0n) is 15.2. The summed E-state index contributed by atoms with van der Waals surface area (Å²) in [6.45, 7) is 7.38. The molecule has 1 aliphatic heterocycles. The number of thioether (sulfide) groups is 1. The molecule has 1 heterocycles. The van der Waals surface area contributed by atoms with Crippen LogP contribution < -0.4 is 4.74 Å². The van der Waals surface area contributed by atoms with Crippen LogP contribution in [0.3, 0.4) is 0 Å². The standard InChI is InChI=1S/C19H25NO4S/c1-5-25-17-16(18(21)20(19(17)22)10-11-23-4)14-6-8-15(9-7-14)24-12-13(2)3/h6-9,13H,5,10-12H2,1-4H3. The Morgan fingerprint density at radius 3 is 2.36 bits per heavy atom. The maximum absolute atomic E-state index is 12.8. The van der Waals surface area contributed by atoms with Gasteiger partial charge in [-0.05, 0) is 29.4 Å². The molecule has 0 radical (unpaired) electrons. The van der Waals surface area contributed by atoms with Crippen molar-refractivity contribution >= 4 is 29.1 Å². The van der Waals surface area contributed by atoms with Gasteiger partial charge in [-0.15, -0.1) is 11.8 Å². The number of benzene rings is 1. The summed E-state index contributed by atoms with van der Waals surface area (Å²) in [7, 11) is 1.55. The summed E-state index contributed by atoms with van der Waals surface area (Å²) in [6, 6.07) is 7.36. The molecule has 0 saturated heterocycles. The monoisotopic (exact) mass is 363 g/mol. The zero-order chi connectivity index (χ0) is 18.4. The Morgan fingerprint density at radius 2 is 1.80 bits per heavy atom. The van der Waals surface area contributed by atoms with Crippen LogP contribution >= 0.6 is 11.8 Å². The maximum Gasteiger partial charge on any atom is 0.268 e. The van der Waals surface area contributed by atoms with Gasteiger partial charge < -0.3 is 9.47 Å². The van der Waals surface area contributed by atoms with E-state index in [1.807, 2.05) is 31.2 Å². The average Bonchev–Trinajstić information content (AvgIpc) is 2.82. The van der Waals surface area contributed by atoms with Crippen molar-refractivity contribution in [3.63, 3.8) is 0 Å². The van der Waals surface area contributed by atoms with Crippen LogP contribution in [-0.4, -0.2) is 49.3 Å². The Hall–Kier alpha value is -1.79. The Labute approximate surface area is 153 Å². The number of nitrogens with zero attached hydrogens (tertiary/aromatic N) is 1. The van der Waals surface area contributed by atoms with Crippen molar-refractivity contribution in [3.8, 4) is 5.75 Å². The second kappa shape index (κ2) is 9.06. The number of carbonyl (C=O) groups excluding carboxylic acids is 2. The lowest BCUT2D eigenvalue weighted by molar-refractivity contribution is -0.137. The number of imide groups is 1. The van der Waals surface area contributed by atoms with Gasteiger partial charge in [-0.2, -0.15) is 0 Å². The highest BCUT2D eigenvalue weighted by Gasteiger charge is 2.38. The molecule has 6 heteroatoms. The van der Waals surface area contributed by atoms with Crippen LogP contribution in [0.4, 0.5) is 0 Å². The molecule has 0 saturated carbocycles. The molecule has 0 N–H and O–H groups in total. The molecule has 0 spiro atoms. The first-order valence-corrected chi connectivity index (χ1v) is 9.43. The summed E-state index contributed by atoms with van der Waals surface area (Å²) in [5, 5.41) is 0. The van der Waals surface area contributed by atoms with Gasteiger partial charge >= 0.3 is 0 Å². The lowest BCUT2D eigenvalue weighted by Crippen LogP contribution is -2.34. The minimum atomic E-state index is -0.256. The largest absolute Gasteiger partial charge is 0.493 e. The van der Waals surface area contributed by atoms with Gasteiger partial charge in [0.25, 0.3) is 11.8 Å². The molecule has 0 fully saturated rings. The van der Waals surface area contributed by atoms with Crippen LogP contribution in [0.25, 0.3) is 5.57 Å². The van der Waals surface area contributed by atoms with Gasteiger partial charge in [0.15, 0.2) is 0 Å². The molecule has 25 heavy (non-hydrogen) atoms. The summed E-state index contributed by atoms with van der Waals surface area (Å²) in [5.74, 6) is 1.44. The van der Waals surface area contributed by atoms with Gasteiger partial charge in [-0.25, -0.2) is 0 Å². The van der Waals surface area contributed by atoms with Gasteiger partial charge in [0, 0.05) is 7.11 Å².